The first-order valence-electron chi connectivity index (χ1n) is 6.80. The number of rotatable bonds is 3. The van der Waals surface area contributed by atoms with E-state index in [-0.39, 0.29) is 0 Å². The molecule has 0 unspecified atom stereocenters. The SMILES string of the molecule is Cc1ccccc1C1CC(Nc2cccc(I)c2)C1. The van der Waals surface area contributed by atoms with Gasteiger partial charge in [0.15, 0.2) is 0 Å². The van der Waals surface area contributed by atoms with Crippen molar-refractivity contribution in [2.45, 2.75) is 31.7 Å². The molecular formula is C17H18IN. The zero-order valence-corrected chi connectivity index (χ0v) is 13.2. The van der Waals surface area contributed by atoms with Crippen LogP contribution >= 0.6 is 22.6 Å². The maximum atomic E-state index is 3.63. The van der Waals surface area contributed by atoms with Crippen LogP contribution in [0.5, 0.6) is 0 Å². The molecule has 1 fully saturated rings. The van der Waals surface area contributed by atoms with Gasteiger partial charge in [0.1, 0.15) is 0 Å². The molecule has 1 N–H and O–H groups in total. The molecule has 1 aliphatic carbocycles. The maximum Gasteiger partial charge on any atom is 0.0352 e. The molecule has 3 rings (SSSR count). The molecule has 0 bridgehead atoms. The Kier molecular flexibility index (Phi) is 3.78. The highest BCUT2D eigenvalue weighted by molar-refractivity contribution is 14.1. The van der Waals surface area contributed by atoms with Crippen molar-refractivity contribution < 1.29 is 0 Å². The Balaban J connectivity index is 1.60. The van der Waals surface area contributed by atoms with Gasteiger partial charge >= 0.3 is 0 Å². The summed E-state index contributed by atoms with van der Waals surface area (Å²) < 4.78 is 1.29. The molecule has 0 aliphatic heterocycles. The minimum atomic E-state index is 0.628. The van der Waals surface area contributed by atoms with Crippen LogP contribution in [0, 0.1) is 10.5 Å². The van der Waals surface area contributed by atoms with Gasteiger partial charge < -0.3 is 5.32 Å². The van der Waals surface area contributed by atoms with Crippen molar-refractivity contribution in [3.05, 3.63) is 63.2 Å². The fourth-order valence-corrected chi connectivity index (χ4v) is 3.39. The molecule has 0 heterocycles. The summed E-state index contributed by atoms with van der Waals surface area (Å²) in [6.07, 6.45) is 2.49. The second-order valence-corrected chi connectivity index (χ2v) is 6.62. The molecule has 19 heavy (non-hydrogen) atoms. The van der Waals surface area contributed by atoms with Gasteiger partial charge in [-0.1, -0.05) is 30.3 Å². The van der Waals surface area contributed by atoms with E-state index < -0.39 is 0 Å². The molecule has 2 aromatic rings. The highest BCUT2D eigenvalue weighted by atomic mass is 127. The zero-order valence-electron chi connectivity index (χ0n) is 11.1. The summed E-state index contributed by atoms with van der Waals surface area (Å²) in [5, 5.41) is 3.63. The van der Waals surface area contributed by atoms with E-state index in [1.807, 2.05) is 0 Å². The van der Waals surface area contributed by atoms with Crippen molar-refractivity contribution in [3.63, 3.8) is 0 Å². The molecule has 0 radical (unpaired) electrons. The third-order valence-electron chi connectivity index (χ3n) is 3.96. The van der Waals surface area contributed by atoms with E-state index in [0.29, 0.717) is 6.04 Å². The Hall–Kier alpha value is -1.03. The van der Waals surface area contributed by atoms with Gasteiger partial charge in [0.2, 0.25) is 0 Å². The molecule has 0 atom stereocenters. The van der Waals surface area contributed by atoms with Gasteiger partial charge in [-0.3, -0.25) is 0 Å². The molecular weight excluding hydrogens is 345 g/mol. The van der Waals surface area contributed by atoms with Gasteiger partial charge in [-0.2, -0.15) is 0 Å². The van der Waals surface area contributed by atoms with Crippen LogP contribution in [0.15, 0.2) is 48.5 Å². The van der Waals surface area contributed by atoms with E-state index in [1.54, 1.807) is 0 Å². The number of anilines is 1. The lowest BCUT2D eigenvalue weighted by Gasteiger charge is -2.37. The van der Waals surface area contributed by atoms with Crippen LogP contribution in [0.1, 0.15) is 29.9 Å². The molecule has 1 aliphatic rings. The second kappa shape index (κ2) is 5.53. The third-order valence-corrected chi connectivity index (χ3v) is 4.63. The van der Waals surface area contributed by atoms with Crippen molar-refractivity contribution in [2.75, 3.05) is 5.32 Å². The summed E-state index contributed by atoms with van der Waals surface area (Å²) in [6, 6.07) is 18.0. The summed E-state index contributed by atoms with van der Waals surface area (Å²) in [4.78, 5) is 0. The lowest BCUT2D eigenvalue weighted by Crippen LogP contribution is -2.34. The normalized spacial score (nSPS) is 21.8. The van der Waals surface area contributed by atoms with Crippen LogP contribution in [0.4, 0.5) is 5.69 Å². The lowest BCUT2D eigenvalue weighted by molar-refractivity contribution is 0.373. The number of hydrogen-bond donors (Lipinski definition) is 1. The first-order chi connectivity index (χ1) is 9.22. The van der Waals surface area contributed by atoms with E-state index in [2.05, 4.69) is 83.4 Å². The summed E-state index contributed by atoms with van der Waals surface area (Å²) in [7, 11) is 0. The first kappa shape index (κ1) is 13.0. The topological polar surface area (TPSA) is 12.0 Å². The van der Waals surface area contributed by atoms with Crippen molar-refractivity contribution >= 4 is 28.3 Å². The molecule has 0 amide bonds. The van der Waals surface area contributed by atoms with Crippen LogP contribution in [0.2, 0.25) is 0 Å². The average molecular weight is 363 g/mol. The van der Waals surface area contributed by atoms with Gasteiger partial charge in [-0.15, -0.1) is 0 Å². The molecule has 0 saturated heterocycles. The number of halogens is 1. The molecule has 1 nitrogen and oxygen atoms in total. The van der Waals surface area contributed by atoms with E-state index in [1.165, 1.54) is 33.2 Å². The van der Waals surface area contributed by atoms with Gasteiger partial charge in [0, 0.05) is 15.3 Å². The third kappa shape index (κ3) is 2.94. The van der Waals surface area contributed by atoms with Gasteiger partial charge in [0.25, 0.3) is 0 Å². The highest BCUT2D eigenvalue weighted by Crippen LogP contribution is 2.39. The standard InChI is InChI=1S/C17H18IN/c1-12-5-2-3-8-17(12)13-9-16(10-13)19-15-7-4-6-14(18)11-15/h2-8,11,13,16,19H,9-10H2,1H3. The lowest BCUT2D eigenvalue weighted by atomic mass is 9.74. The fourth-order valence-electron chi connectivity index (χ4n) is 2.85. The van der Waals surface area contributed by atoms with Crippen molar-refractivity contribution in [1.82, 2.24) is 0 Å². The minimum Gasteiger partial charge on any atom is -0.382 e. The van der Waals surface area contributed by atoms with Crippen LogP contribution in [-0.2, 0) is 0 Å². The Morgan fingerprint density at radius 3 is 2.58 bits per heavy atom. The second-order valence-electron chi connectivity index (χ2n) is 5.38. The predicted octanol–water partition coefficient (Wildman–Crippen LogP) is 4.96. The predicted molar refractivity (Wildman–Crippen MR) is 89.7 cm³/mol. The maximum absolute atomic E-state index is 3.63. The van der Waals surface area contributed by atoms with Gasteiger partial charge in [-0.25, -0.2) is 0 Å². The summed E-state index contributed by atoms with van der Waals surface area (Å²) in [5.41, 5.74) is 4.21. The summed E-state index contributed by atoms with van der Waals surface area (Å²) in [6.45, 7) is 2.22. The summed E-state index contributed by atoms with van der Waals surface area (Å²) >= 11 is 2.36. The number of hydrogen-bond acceptors (Lipinski definition) is 1. The average Bonchev–Trinajstić information content (AvgIpc) is 2.35. The minimum absolute atomic E-state index is 0.628. The molecule has 1 saturated carbocycles. The van der Waals surface area contributed by atoms with Crippen molar-refractivity contribution in [3.8, 4) is 0 Å². The molecule has 2 heteroatoms. The Bertz CT molecular complexity index is 573. The van der Waals surface area contributed by atoms with Crippen LogP contribution in [0.25, 0.3) is 0 Å². The largest absolute Gasteiger partial charge is 0.382 e. The van der Waals surface area contributed by atoms with Gasteiger partial charge in [0.05, 0.1) is 0 Å². The van der Waals surface area contributed by atoms with Crippen LogP contribution in [-0.4, -0.2) is 6.04 Å². The van der Waals surface area contributed by atoms with E-state index in [9.17, 15) is 0 Å². The van der Waals surface area contributed by atoms with Crippen molar-refractivity contribution in [2.24, 2.45) is 0 Å². The van der Waals surface area contributed by atoms with E-state index >= 15 is 0 Å². The quantitative estimate of drug-likeness (QED) is 0.761. The smallest absolute Gasteiger partial charge is 0.0352 e. The molecule has 98 valence electrons. The first-order valence-corrected chi connectivity index (χ1v) is 7.88. The monoisotopic (exact) mass is 363 g/mol. The van der Waals surface area contributed by atoms with E-state index in [4.69, 9.17) is 0 Å². The Morgan fingerprint density at radius 2 is 1.84 bits per heavy atom. The highest BCUT2D eigenvalue weighted by Gasteiger charge is 2.30. The van der Waals surface area contributed by atoms with Gasteiger partial charge in [-0.05, 0) is 77.6 Å². The fraction of sp³-hybridized carbons (Fsp3) is 0.294. The summed E-state index contributed by atoms with van der Waals surface area (Å²) in [5.74, 6) is 0.737. The Morgan fingerprint density at radius 1 is 1.05 bits per heavy atom. The van der Waals surface area contributed by atoms with E-state index in [0.717, 1.165) is 5.92 Å². The number of nitrogens with one attached hydrogen (secondary N) is 1. The van der Waals surface area contributed by atoms with Crippen LogP contribution in [0.3, 0.4) is 0 Å². The zero-order chi connectivity index (χ0) is 13.2. The number of aryl methyl sites for hydroxylation is 1. The van der Waals surface area contributed by atoms with Crippen molar-refractivity contribution in [1.29, 1.82) is 0 Å². The molecule has 0 spiro atoms. The number of benzene rings is 2. The van der Waals surface area contributed by atoms with Crippen LogP contribution < -0.4 is 5.32 Å². The Labute approximate surface area is 128 Å². The molecule has 0 aromatic heterocycles. The molecule has 2 aromatic carbocycles.